The molecular weight excluding hydrogens is 1490 g/mol. The molecule has 1 unspecified atom stereocenters. The lowest BCUT2D eigenvalue weighted by Gasteiger charge is -2.27. The molecule has 1 atom stereocenters. The highest BCUT2D eigenvalue weighted by Gasteiger charge is 2.54. The zero-order valence-electron chi connectivity index (χ0n) is 70.5. The second kappa shape index (κ2) is 34.0. The van der Waals surface area contributed by atoms with Gasteiger partial charge in [-0.25, -0.2) is 4.39 Å². The molecule has 0 bridgehead atoms. The molecule has 0 aliphatic rings. The van der Waals surface area contributed by atoms with Crippen LogP contribution in [0.4, 0.5) is 17.6 Å². The molecule has 0 amide bonds. The summed E-state index contributed by atoms with van der Waals surface area (Å²) in [5.41, 5.74) is 8.72. The number of fused-ring (bicyclic) bond motifs is 16. The Morgan fingerprint density at radius 2 is 0.270 bits per heavy atom. The van der Waals surface area contributed by atoms with Crippen molar-refractivity contribution in [3.8, 4) is 0 Å². The molecule has 4 heteroatoms. The molecule has 23 aromatic rings. The molecule has 0 aliphatic heterocycles. The largest absolute Gasteiger partial charge is 0.426 e. The van der Waals surface area contributed by atoms with Crippen LogP contribution in [0.2, 0.25) is 0 Å². The predicted octanol–water partition coefficient (Wildman–Crippen LogP) is 34.8. The van der Waals surface area contributed by atoms with E-state index in [2.05, 4.69) is 396 Å². The van der Waals surface area contributed by atoms with Gasteiger partial charge in [0.2, 0.25) is 5.67 Å². The van der Waals surface area contributed by atoms with Crippen LogP contribution in [0.5, 0.6) is 0 Å². The number of alkyl halides is 4. The molecule has 0 nitrogen and oxygen atoms in total. The lowest BCUT2D eigenvalue weighted by molar-refractivity contribution is -0.227. The smallest absolute Gasteiger partial charge is 0.229 e. The Labute approximate surface area is 710 Å². The Kier molecular flexibility index (Phi) is 22.4. The van der Waals surface area contributed by atoms with E-state index in [1.165, 1.54) is 213 Å². The lowest BCUT2D eigenvalue weighted by atomic mass is 9.87. The van der Waals surface area contributed by atoms with E-state index in [0.29, 0.717) is 28.5 Å². The molecule has 0 spiro atoms. The molecule has 122 heavy (non-hydrogen) atoms. The summed E-state index contributed by atoms with van der Waals surface area (Å²) < 4.78 is 54.3. The minimum absolute atomic E-state index is 0.290. The third-order valence-corrected chi connectivity index (χ3v) is 25.2. The van der Waals surface area contributed by atoms with Crippen LogP contribution in [-0.4, -0.2) is 6.18 Å². The minimum Gasteiger partial charge on any atom is -0.229 e. The van der Waals surface area contributed by atoms with E-state index in [-0.39, 0.29) is 5.56 Å². The van der Waals surface area contributed by atoms with Gasteiger partial charge in [-0.15, -0.1) is 0 Å². The predicted molar refractivity (Wildman–Crippen MR) is 522 cm³/mol. The summed E-state index contributed by atoms with van der Waals surface area (Å²) in [5.74, 6) is 0. The fraction of sp³-hybridized carbons (Fsp3) is 0.102. The van der Waals surface area contributed by atoms with Crippen molar-refractivity contribution in [3.05, 3.63) is 444 Å². The number of hydrogen-bond donors (Lipinski definition) is 0. The second-order valence-electron chi connectivity index (χ2n) is 32.4. The van der Waals surface area contributed by atoms with Gasteiger partial charge < -0.3 is 0 Å². The summed E-state index contributed by atoms with van der Waals surface area (Å²) in [6.07, 6.45) is -4.97. The van der Waals surface area contributed by atoms with Gasteiger partial charge in [0.15, 0.2) is 0 Å². The Bertz CT molecular complexity index is 6940. The number of hydrogen-bond acceptors (Lipinski definition) is 0. The third-order valence-electron chi connectivity index (χ3n) is 25.2. The summed E-state index contributed by atoms with van der Waals surface area (Å²) in [6.45, 7) is 20.5. The van der Waals surface area contributed by atoms with Gasteiger partial charge in [-0.3, -0.25) is 0 Å². The maximum atomic E-state index is 14.7. The van der Waals surface area contributed by atoms with Gasteiger partial charge >= 0.3 is 6.18 Å². The molecule has 0 heterocycles. The highest BCUT2D eigenvalue weighted by atomic mass is 19.4. The molecule has 0 radical (unpaired) electrons. The van der Waals surface area contributed by atoms with E-state index in [1.807, 2.05) is 0 Å². The zero-order valence-corrected chi connectivity index (χ0v) is 70.5. The number of halogens is 4. The van der Waals surface area contributed by atoms with Crippen molar-refractivity contribution < 1.29 is 17.6 Å². The first-order chi connectivity index (χ1) is 59.2. The van der Waals surface area contributed by atoms with Gasteiger partial charge in [-0.2, -0.15) is 13.2 Å². The third kappa shape index (κ3) is 15.4. The monoisotopic (exact) mass is 1590 g/mol. The Morgan fingerprint density at radius 3 is 0.475 bits per heavy atom. The van der Waals surface area contributed by atoms with Crippen LogP contribution in [0.15, 0.2) is 388 Å². The molecule has 0 fully saturated rings. The number of aryl methyl sites for hydroxylation is 9. The number of rotatable bonds is 1. The second-order valence-corrected chi connectivity index (χ2v) is 32.4. The number of benzene rings is 23. The van der Waals surface area contributed by atoms with Crippen LogP contribution in [-0.2, 0) is 5.67 Å². The van der Waals surface area contributed by atoms with Gasteiger partial charge in [-0.1, -0.05) is 340 Å². The van der Waals surface area contributed by atoms with Crippen molar-refractivity contribution in [2.24, 2.45) is 0 Å². The van der Waals surface area contributed by atoms with Crippen LogP contribution < -0.4 is 0 Å². The fourth-order valence-corrected chi connectivity index (χ4v) is 18.6. The van der Waals surface area contributed by atoms with Crippen molar-refractivity contribution in [1.29, 1.82) is 0 Å². The van der Waals surface area contributed by atoms with Gasteiger partial charge in [0.05, 0.1) is 0 Å². The molecule has 0 saturated heterocycles. The molecular formula is C118H94F4. The first-order valence-electron chi connectivity index (χ1n) is 42.0. The van der Waals surface area contributed by atoms with E-state index in [1.54, 1.807) is 42.5 Å². The summed E-state index contributed by atoms with van der Waals surface area (Å²) in [7, 11) is 0. The molecule has 0 N–H and O–H groups in total. The van der Waals surface area contributed by atoms with Crippen molar-refractivity contribution in [2.75, 3.05) is 0 Å². The summed E-state index contributed by atoms with van der Waals surface area (Å²) >= 11 is 0. The molecule has 0 saturated carbocycles. The highest BCUT2D eigenvalue weighted by molar-refractivity contribution is 6.13. The topological polar surface area (TPSA) is 0 Å². The van der Waals surface area contributed by atoms with Gasteiger partial charge in [0.25, 0.3) is 0 Å². The Morgan fingerprint density at radius 1 is 0.139 bits per heavy atom. The van der Waals surface area contributed by atoms with Gasteiger partial charge in [0, 0.05) is 5.56 Å². The maximum Gasteiger partial charge on any atom is 0.426 e. The lowest BCUT2D eigenvalue weighted by Crippen LogP contribution is -2.35. The fourth-order valence-electron chi connectivity index (χ4n) is 18.6. The van der Waals surface area contributed by atoms with Crippen molar-refractivity contribution in [3.63, 3.8) is 0 Å². The highest BCUT2D eigenvalue weighted by Crippen LogP contribution is 2.48. The zero-order chi connectivity index (χ0) is 84.5. The van der Waals surface area contributed by atoms with Crippen LogP contribution in [0, 0.1) is 62.3 Å². The first kappa shape index (κ1) is 80.4. The van der Waals surface area contributed by atoms with E-state index in [9.17, 15) is 17.6 Å². The molecule has 594 valence electrons. The van der Waals surface area contributed by atoms with Crippen molar-refractivity contribution in [1.82, 2.24) is 0 Å². The molecule has 23 rings (SSSR count). The first-order valence-corrected chi connectivity index (χ1v) is 42.0. The quantitative estimate of drug-likeness (QED) is 0.114. The maximum absolute atomic E-state index is 14.7. The van der Waals surface area contributed by atoms with Crippen molar-refractivity contribution >= 4 is 172 Å². The standard InChI is InChI=1S/C23H16.C17H12F4.3C16H14.2C15H12/c1-15-22-13-18-8-4-2-6-16(18)10-20(22)12-21-11-17-7-3-5-9-19(17)14-23(15)21;1-16(18,17(19,20)21)15-13-8-4-2-6-11(13)10-12-7-3-5-9-14(12)15;3*1-11-13-7-3-5-9-15(13)12(2)16-10-6-4-8-14(11)16;2*1-11-14-8-4-2-6-12(14)10-13-7-3-5-9-15(11)13/h2-14H,1H3;2-10H,1H3;3*3-10H,1-2H3;2*2-10H,1H3. The van der Waals surface area contributed by atoms with Gasteiger partial charge in [-0.05, 0) is 340 Å². The van der Waals surface area contributed by atoms with Crippen LogP contribution in [0.1, 0.15) is 62.6 Å². The average molecular weight is 1590 g/mol. The van der Waals surface area contributed by atoms with Crippen LogP contribution in [0.3, 0.4) is 0 Å². The Balaban J connectivity index is 0.000000102. The van der Waals surface area contributed by atoms with Crippen LogP contribution in [0.25, 0.3) is 172 Å². The van der Waals surface area contributed by atoms with Crippen molar-refractivity contribution in [2.45, 2.75) is 81.1 Å². The summed E-state index contributed by atoms with van der Waals surface area (Å²) in [6, 6.07) is 134. The Hall–Kier alpha value is -14.1. The van der Waals surface area contributed by atoms with Gasteiger partial charge in [0.1, 0.15) is 0 Å². The van der Waals surface area contributed by atoms with E-state index >= 15 is 0 Å². The summed E-state index contributed by atoms with van der Waals surface area (Å²) in [4.78, 5) is 0. The summed E-state index contributed by atoms with van der Waals surface area (Å²) in [5, 5.41) is 39.6. The van der Waals surface area contributed by atoms with Crippen LogP contribution >= 0.6 is 0 Å². The normalized spacial score (nSPS) is 11.9. The van der Waals surface area contributed by atoms with E-state index in [4.69, 9.17) is 0 Å². The SMILES string of the molecule is CC(F)(c1c2ccccc2cc2ccccc12)C(F)(F)F.Cc1c2cc3ccccc3cc2cc2cc3ccccc3cc12.Cc1c2ccccc2c(C)c2ccccc12.Cc1c2ccccc2c(C)c2ccccc12.Cc1c2ccccc2c(C)c2ccccc12.Cc1c2ccccc2cc2ccccc12.Cc1c2ccccc2cc2ccccc12. The minimum atomic E-state index is -4.97. The molecule has 0 aliphatic carbocycles. The molecule has 0 aromatic heterocycles. The average Bonchev–Trinajstić information content (AvgIpc) is 0.740. The molecule has 23 aromatic carbocycles. The van der Waals surface area contributed by atoms with E-state index < -0.39 is 11.8 Å². The van der Waals surface area contributed by atoms with E-state index in [0.717, 1.165) is 0 Å².